The van der Waals surface area contributed by atoms with Gasteiger partial charge in [0.15, 0.2) is 0 Å². The Balaban J connectivity index is 1.45. The summed E-state index contributed by atoms with van der Waals surface area (Å²) in [5.74, 6) is 0. The van der Waals surface area contributed by atoms with E-state index >= 15 is 0 Å². The molecule has 1 nitrogen and oxygen atoms in total. The summed E-state index contributed by atoms with van der Waals surface area (Å²) in [5, 5.41) is 7.22. The van der Waals surface area contributed by atoms with Gasteiger partial charge in [-0.15, -0.1) is 0 Å². The van der Waals surface area contributed by atoms with Gasteiger partial charge in [-0.25, -0.2) is 0 Å². The quantitative estimate of drug-likeness (QED) is 0.253. The van der Waals surface area contributed by atoms with Gasteiger partial charge in [0.25, 0.3) is 0 Å². The lowest BCUT2D eigenvalue weighted by molar-refractivity contribution is 0.693. The third-order valence-electron chi connectivity index (χ3n) is 6.21. The van der Waals surface area contributed by atoms with E-state index in [0.717, 1.165) is 13.1 Å². The second-order valence-electron chi connectivity index (χ2n) is 8.62. The van der Waals surface area contributed by atoms with Crippen LogP contribution in [0.1, 0.15) is 11.1 Å². The normalized spacial score (nSPS) is 11.3. The molecule has 0 aliphatic heterocycles. The molecule has 0 saturated heterocycles. The minimum Gasteiger partial charge on any atom is -0.309 e. The molecule has 0 aliphatic carbocycles. The van der Waals surface area contributed by atoms with Gasteiger partial charge in [-0.3, -0.25) is 0 Å². The molecule has 5 aromatic rings. The molecule has 0 heterocycles. The van der Waals surface area contributed by atoms with Crippen LogP contribution in [-0.2, 0) is 24.9 Å². The van der Waals surface area contributed by atoms with E-state index in [9.17, 15) is 0 Å². The van der Waals surface area contributed by atoms with E-state index in [1.807, 2.05) is 0 Å². The lowest BCUT2D eigenvalue weighted by atomic mass is 10.0. The molecule has 0 unspecified atom stereocenters. The second-order valence-corrected chi connectivity index (χ2v) is 13.0. The minimum absolute atomic E-state index is 0.828. The van der Waals surface area contributed by atoms with Crippen LogP contribution in [0.2, 0.25) is 0 Å². The lowest BCUT2D eigenvalue weighted by Crippen LogP contribution is -2.24. The van der Waals surface area contributed by atoms with Gasteiger partial charge in [0.2, 0.25) is 0 Å². The number of hydrogen-bond donors (Lipinski definition) is 1. The molecule has 0 atom stereocenters. The van der Waals surface area contributed by atoms with E-state index in [0.29, 0.717) is 0 Å². The minimum atomic E-state index is -2.17. The third-order valence-corrected chi connectivity index (χ3v) is 11.2. The van der Waals surface area contributed by atoms with Crippen molar-refractivity contribution in [3.8, 4) is 11.1 Å². The standard InChI is InChI=1S/C32H28NPS/c35-34(30-17-6-2-7-18-30,31-19-8-3-9-20-31)32-21-11-16-29(23-32)28-15-10-14-27(22-28)25-33-24-26-12-4-1-5-13-26/h1-23,33H,24-25H2. The molecule has 0 bridgehead atoms. The van der Waals surface area contributed by atoms with Crippen molar-refractivity contribution in [1.29, 1.82) is 0 Å². The zero-order chi connectivity index (χ0) is 23.9. The van der Waals surface area contributed by atoms with Gasteiger partial charge in [-0.05, 0) is 50.3 Å². The van der Waals surface area contributed by atoms with Crippen LogP contribution in [0.15, 0.2) is 140 Å². The molecular formula is C32H28NPS. The van der Waals surface area contributed by atoms with Crippen molar-refractivity contribution in [2.45, 2.75) is 13.1 Å². The lowest BCUT2D eigenvalue weighted by Gasteiger charge is -2.24. The fourth-order valence-corrected chi connectivity index (χ4v) is 8.18. The maximum Gasteiger partial charge on any atom is 0.0379 e. The molecule has 5 rings (SSSR count). The Bertz CT molecular complexity index is 1390. The van der Waals surface area contributed by atoms with Crippen LogP contribution in [0, 0.1) is 0 Å². The highest BCUT2D eigenvalue weighted by Gasteiger charge is 2.24. The van der Waals surface area contributed by atoms with Crippen molar-refractivity contribution < 1.29 is 0 Å². The van der Waals surface area contributed by atoms with Gasteiger partial charge >= 0.3 is 0 Å². The van der Waals surface area contributed by atoms with E-state index in [4.69, 9.17) is 11.8 Å². The summed E-state index contributed by atoms with van der Waals surface area (Å²) in [5.41, 5.74) is 4.99. The maximum atomic E-state index is 6.54. The largest absolute Gasteiger partial charge is 0.309 e. The smallest absolute Gasteiger partial charge is 0.0379 e. The first-order chi connectivity index (χ1) is 17.2. The van der Waals surface area contributed by atoms with Crippen molar-refractivity contribution in [1.82, 2.24) is 5.32 Å². The number of nitrogens with one attached hydrogen (secondary N) is 1. The third kappa shape index (κ3) is 5.36. The summed E-state index contributed by atoms with van der Waals surface area (Å²) in [7, 11) is 0. The van der Waals surface area contributed by atoms with E-state index in [1.165, 1.54) is 38.2 Å². The van der Waals surface area contributed by atoms with E-state index in [-0.39, 0.29) is 0 Å². The number of hydrogen-bond acceptors (Lipinski definition) is 2. The highest BCUT2D eigenvalue weighted by Crippen LogP contribution is 2.43. The Morgan fingerprint density at radius 3 is 1.54 bits per heavy atom. The first-order valence-corrected chi connectivity index (χ1v) is 14.7. The van der Waals surface area contributed by atoms with Gasteiger partial charge in [-0.2, -0.15) is 0 Å². The van der Waals surface area contributed by atoms with Gasteiger partial charge in [0.1, 0.15) is 0 Å². The number of rotatable bonds is 8. The highest BCUT2D eigenvalue weighted by molar-refractivity contribution is 8.25. The van der Waals surface area contributed by atoms with Crippen LogP contribution in [-0.4, -0.2) is 0 Å². The molecule has 1 N–H and O–H groups in total. The average Bonchev–Trinajstić information content (AvgIpc) is 2.94. The summed E-state index contributed by atoms with van der Waals surface area (Å²) < 4.78 is 0. The Hall–Kier alpha value is -3.29. The topological polar surface area (TPSA) is 12.0 Å². The molecule has 0 saturated carbocycles. The molecule has 3 heteroatoms. The molecule has 172 valence electrons. The molecule has 0 spiro atoms. The zero-order valence-corrected chi connectivity index (χ0v) is 21.3. The molecule has 0 aliphatic rings. The molecule has 0 radical (unpaired) electrons. The fourth-order valence-electron chi connectivity index (χ4n) is 4.41. The van der Waals surface area contributed by atoms with E-state index in [1.54, 1.807) is 0 Å². The molecular weight excluding hydrogens is 461 g/mol. The van der Waals surface area contributed by atoms with Crippen molar-refractivity contribution >= 4 is 33.8 Å². The Kier molecular flexibility index (Phi) is 7.35. The predicted molar refractivity (Wildman–Crippen MR) is 155 cm³/mol. The maximum absolute atomic E-state index is 6.54. The monoisotopic (exact) mass is 489 g/mol. The van der Waals surface area contributed by atoms with Gasteiger partial charge in [0.05, 0.1) is 0 Å². The van der Waals surface area contributed by atoms with Crippen LogP contribution >= 0.6 is 6.04 Å². The first kappa shape index (κ1) is 23.5. The van der Waals surface area contributed by atoms with Crippen molar-refractivity contribution in [2.24, 2.45) is 0 Å². The molecule has 5 aromatic carbocycles. The molecule has 0 fully saturated rings. The first-order valence-electron chi connectivity index (χ1n) is 11.9. The van der Waals surface area contributed by atoms with Gasteiger partial charge in [0, 0.05) is 19.1 Å². The van der Waals surface area contributed by atoms with Crippen molar-refractivity contribution in [3.63, 3.8) is 0 Å². The van der Waals surface area contributed by atoms with E-state index < -0.39 is 6.04 Å². The van der Waals surface area contributed by atoms with Crippen LogP contribution in [0.25, 0.3) is 11.1 Å². The summed E-state index contributed by atoms with van der Waals surface area (Å²) in [6.45, 7) is 1.69. The van der Waals surface area contributed by atoms with E-state index in [2.05, 4.69) is 145 Å². The van der Waals surface area contributed by atoms with Gasteiger partial charge in [-0.1, -0.05) is 139 Å². The Labute approximate surface area is 213 Å². The Morgan fingerprint density at radius 2 is 0.914 bits per heavy atom. The average molecular weight is 490 g/mol. The highest BCUT2D eigenvalue weighted by atomic mass is 32.4. The van der Waals surface area contributed by atoms with Crippen LogP contribution in [0.5, 0.6) is 0 Å². The number of benzene rings is 5. The second kappa shape index (κ2) is 11.0. The summed E-state index contributed by atoms with van der Waals surface area (Å²) in [6, 6.07) is 47.2. The van der Waals surface area contributed by atoms with Crippen LogP contribution in [0.4, 0.5) is 0 Å². The van der Waals surface area contributed by atoms with Crippen molar-refractivity contribution in [2.75, 3.05) is 0 Å². The summed E-state index contributed by atoms with van der Waals surface area (Å²) >= 11 is 6.54. The molecule has 0 amide bonds. The fraction of sp³-hybridized carbons (Fsp3) is 0.0625. The SMILES string of the molecule is S=P(c1ccccc1)(c1ccccc1)c1cccc(-c2cccc(CNCc3ccccc3)c2)c1. The Morgan fingerprint density at radius 1 is 0.457 bits per heavy atom. The molecule has 35 heavy (non-hydrogen) atoms. The predicted octanol–water partition coefficient (Wildman–Crippen LogP) is 6.40. The summed E-state index contributed by atoms with van der Waals surface area (Å²) in [6.07, 6.45) is 0. The van der Waals surface area contributed by atoms with Crippen molar-refractivity contribution in [3.05, 3.63) is 151 Å². The summed E-state index contributed by atoms with van der Waals surface area (Å²) in [4.78, 5) is 0. The van der Waals surface area contributed by atoms with Gasteiger partial charge < -0.3 is 5.32 Å². The zero-order valence-electron chi connectivity index (χ0n) is 19.5. The van der Waals surface area contributed by atoms with Crippen LogP contribution in [0.3, 0.4) is 0 Å². The van der Waals surface area contributed by atoms with Crippen LogP contribution < -0.4 is 21.2 Å². The molecule has 0 aromatic heterocycles.